The van der Waals surface area contributed by atoms with Gasteiger partial charge in [-0.3, -0.25) is 4.79 Å². The van der Waals surface area contributed by atoms with Crippen molar-refractivity contribution in [2.24, 2.45) is 5.73 Å². The van der Waals surface area contributed by atoms with Gasteiger partial charge in [0.15, 0.2) is 0 Å². The summed E-state index contributed by atoms with van der Waals surface area (Å²) in [5.41, 5.74) is 6.47. The van der Waals surface area contributed by atoms with Gasteiger partial charge in [-0.2, -0.15) is 0 Å². The Kier molecular flexibility index (Phi) is 4.74. The first-order valence-corrected chi connectivity index (χ1v) is 6.69. The number of benzene rings is 1. The zero-order valence-electron chi connectivity index (χ0n) is 10.9. The molecule has 1 aromatic rings. The van der Waals surface area contributed by atoms with Gasteiger partial charge in [-0.05, 0) is 37.1 Å². The van der Waals surface area contributed by atoms with Gasteiger partial charge in [-0.25, -0.2) is 4.39 Å². The van der Waals surface area contributed by atoms with Crippen molar-refractivity contribution in [2.45, 2.75) is 25.3 Å². The lowest BCUT2D eigenvalue weighted by atomic mass is 10.1. The smallest absolute Gasteiger partial charge is 0.224 e. The molecular formula is C14H20FN3O. The molecule has 1 unspecified atom stereocenters. The molecule has 104 valence electrons. The Morgan fingerprint density at radius 2 is 1.95 bits per heavy atom. The molecule has 0 aliphatic carbocycles. The molecule has 1 aliphatic rings. The molecule has 0 aromatic heterocycles. The van der Waals surface area contributed by atoms with E-state index in [4.69, 9.17) is 5.73 Å². The molecule has 1 aliphatic heterocycles. The third kappa shape index (κ3) is 3.92. The van der Waals surface area contributed by atoms with Gasteiger partial charge >= 0.3 is 0 Å². The van der Waals surface area contributed by atoms with Crippen molar-refractivity contribution in [1.29, 1.82) is 0 Å². The predicted octanol–water partition coefficient (Wildman–Crippen LogP) is 1.58. The van der Waals surface area contributed by atoms with Gasteiger partial charge in [0.25, 0.3) is 0 Å². The molecule has 0 radical (unpaired) electrons. The van der Waals surface area contributed by atoms with Crippen LogP contribution in [0.3, 0.4) is 0 Å². The zero-order chi connectivity index (χ0) is 13.7. The van der Waals surface area contributed by atoms with E-state index in [1.165, 1.54) is 12.1 Å². The Morgan fingerprint density at radius 3 is 2.53 bits per heavy atom. The van der Waals surface area contributed by atoms with E-state index in [-0.39, 0.29) is 17.8 Å². The first-order valence-electron chi connectivity index (χ1n) is 6.69. The average Bonchev–Trinajstić information content (AvgIpc) is 2.94. The fourth-order valence-electron chi connectivity index (χ4n) is 2.28. The minimum atomic E-state index is -0.275. The summed E-state index contributed by atoms with van der Waals surface area (Å²) in [6.07, 6.45) is 2.56. The van der Waals surface area contributed by atoms with Crippen LogP contribution in [0.25, 0.3) is 0 Å². The van der Waals surface area contributed by atoms with Gasteiger partial charge in [0, 0.05) is 37.8 Å². The van der Waals surface area contributed by atoms with Crippen LogP contribution >= 0.6 is 0 Å². The second-order valence-electron chi connectivity index (χ2n) is 4.88. The lowest BCUT2D eigenvalue weighted by molar-refractivity contribution is -0.130. The number of halogens is 1. The van der Waals surface area contributed by atoms with Crippen molar-refractivity contribution in [3.63, 3.8) is 0 Å². The molecule has 1 atom stereocenters. The van der Waals surface area contributed by atoms with Gasteiger partial charge < -0.3 is 16.0 Å². The monoisotopic (exact) mass is 265 g/mol. The van der Waals surface area contributed by atoms with Crippen molar-refractivity contribution >= 4 is 11.6 Å². The van der Waals surface area contributed by atoms with Crippen LogP contribution in [-0.4, -0.2) is 36.5 Å². The highest BCUT2D eigenvalue weighted by atomic mass is 19.1. The molecule has 4 nitrogen and oxygen atoms in total. The van der Waals surface area contributed by atoms with Gasteiger partial charge in [0.1, 0.15) is 5.82 Å². The molecular weight excluding hydrogens is 245 g/mol. The van der Waals surface area contributed by atoms with Gasteiger partial charge in [-0.15, -0.1) is 0 Å². The number of nitrogens with one attached hydrogen (secondary N) is 1. The fraction of sp³-hybridized carbons (Fsp3) is 0.500. The zero-order valence-corrected chi connectivity index (χ0v) is 10.9. The average molecular weight is 265 g/mol. The van der Waals surface area contributed by atoms with Gasteiger partial charge in [-0.1, -0.05) is 0 Å². The number of rotatable bonds is 5. The van der Waals surface area contributed by atoms with E-state index >= 15 is 0 Å². The second kappa shape index (κ2) is 6.52. The summed E-state index contributed by atoms with van der Waals surface area (Å²) in [5, 5.41) is 3.17. The molecule has 0 saturated carbocycles. The normalized spacial score (nSPS) is 16.4. The summed E-state index contributed by atoms with van der Waals surface area (Å²) in [6, 6.07) is 5.96. The summed E-state index contributed by atoms with van der Waals surface area (Å²) in [7, 11) is 0. The van der Waals surface area contributed by atoms with E-state index in [0.29, 0.717) is 13.0 Å². The van der Waals surface area contributed by atoms with Crippen LogP contribution in [0.4, 0.5) is 10.1 Å². The van der Waals surface area contributed by atoms with Crippen LogP contribution in [0.15, 0.2) is 24.3 Å². The maximum absolute atomic E-state index is 12.8. The number of nitrogens with two attached hydrogens (primary N) is 1. The number of amides is 1. The van der Waals surface area contributed by atoms with E-state index in [1.807, 2.05) is 4.90 Å². The maximum atomic E-state index is 12.8. The molecule has 2 rings (SSSR count). The summed E-state index contributed by atoms with van der Waals surface area (Å²) in [6.45, 7) is 2.08. The van der Waals surface area contributed by atoms with Crippen LogP contribution < -0.4 is 11.1 Å². The van der Waals surface area contributed by atoms with Crippen LogP contribution in [-0.2, 0) is 4.79 Å². The molecule has 5 heteroatoms. The maximum Gasteiger partial charge on any atom is 0.224 e. The van der Waals surface area contributed by atoms with E-state index in [2.05, 4.69) is 5.32 Å². The Balaban J connectivity index is 1.88. The highest BCUT2D eigenvalue weighted by Gasteiger charge is 2.21. The van der Waals surface area contributed by atoms with Crippen LogP contribution in [0, 0.1) is 5.82 Å². The molecule has 1 saturated heterocycles. The lowest BCUT2D eigenvalue weighted by Gasteiger charge is -2.21. The Bertz CT molecular complexity index is 415. The van der Waals surface area contributed by atoms with Gasteiger partial charge in [0.2, 0.25) is 5.91 Å². The molecule has 0 bridgehead atoms. The third-order valence-electron chi connectivity index (χ3n) is 3.38. The topological polar surface area (TPSA) is 58.4 Å². The van der Waals surface area contributed by atoms with E-state index in [0.717, 1.165) is 31.6 Å². The molecule has 3 N–H and O–H groups in total. The number of hydrogen-bond donors (Lipinski definition) is 2. The molecule has 1 heterocycles. The molecule has 19 heavy (non-hydrogen) atoms. The standard InChI is InChI=1S/C14H20FN3O/c15-11-3-5-12(6-4-11)17-13(10-16)9-14(19)18-7-1-2-8-18/h3-6,13,17H,1-2,7-10,16H2. The number of likely N-dealkylation sites (tertiary alicyclic amines) is 1. The summed E-state index contributed by atoms with van der Waals surface area (Å²) in [4.78, 5) is 13.9. The highest BCUT2D eigenvalue weighted by Crippen LogP contribution is 2.13. The number of carbonyl (C=O) groups excluding carboxylic acids is 1. The minimum Gasteiger partial charge on any atom is -0.381 e. The first kappa shape index (κ1) is 13.8. The van der Waals surface area contributed by atoms with E-state index in [1.54, 1.807) is 12.1 Å². The number of nitrogens with zero attached hydrogens (tertiary/aromatic N) is 1. The Labute approximate surface area is 112 Å². The number of anilines is 1. The summed E-state index contributed by atoms with van der Waals surface area (Å²) < 4.78 is 12.8. The highest BCUT2D eigenvalue weighted by molar-refractivity contribution is 5.77. The van der Waals surface area contributed by atoms with Crippen molar-refractivity contribution in [3.05, 3.63) is 30.1 Å². The number of carbonyl (C=O) groups is 1. The summed E-state index contributed by atoms with van der Waals surface area (Å²) >= 11 is 0. The van der Waals surface area contributed by atoms with E-state index < -0.39 is 0 Å². The number of hydrogen-bond acceptors (Lipinski definition) is 3. The molecule has 1 fully saturated rings. The largest absolute Gasteiger partial charge is 0.381 e. The van der Waals surface area contributed by atoms with Crippen molar-refractivity contribution in [1.82, 2.24) is 4.90 Å². The molecule has 0 spiro atoms. The van der Waals surface area contributed by atoms with Crippen molar-refractivity contribution < 1.29 is 9.18 Å². The van der Waals surface area contributed by atoms with Crippen LogP contribution in [0.1, 0.15) is 19.3 Å². The SMILES string of the molecule is NCC(CC(=O)N1CCCC1)Nc1ccc(F)cc1. The van der Waals surface area contributed by atoms with Crippen molar-refractivity contribution in [3.8, 4) is 0 Å². The van der Waals surface area contributed by atoms with Crippen molar-refractivity contribution in [2.75, 3.05) is 25.0 Å². The molecule has 1 amide bonds. The summed E-state index contributed by atoms with van der Waals surface area (Å²) in [5.74, 6) is -0.134. The van der Waals surface area contributed by atoms with Crippen LogP contribution in [0.2, 0.25) is 0 Å². The minimum absolute atomic E-state index is 0.112. The van der Waals surface area contributed by atoms with Crippen LogP contribution in [0.5, 0.6) is 0 Å². The predicted molar refractivity (Wildman–Crippen MR) is 73.3 cm³/mol. The molecule has 1 aromatic carbocycles. The first-order chi connectivity index (χ1) is 9.19. The quantitative estimate of drug-likeness (QED) is 0.849. The fourth-order valence-corrected chi connectivity index (χ4v) is 2.28. The second-order valence-corrected chi connectivity index (χ2v) is 4.88. The lowest BCUT2D eigenvalue weighted by Crippen LogP contribution is -2.37. The van der Waals surface area contributed by atoms with E-state index in [9.17, 15) is 9.18 Å². The third-order valence-corrected chi connectivity index (χ3v) is 3.38. The Morgan fingerprint density at radius 1 is 1.32 bits per heavy atom. The van der Waals surface area contributed by atoms with Gasteiger partial charge in [0.05, 0.1) is 0 Å². The Hall–Kier alpha value is -1.62.